The monoisotopic (exact) mass is 456 g/mol. The highest BCUT2D eigenvalue weighted by Gasteiger charge is 2.59. The molecule has 2 atom stereocenters. The SMILES string of the molecule is Cc1cc(C23CC4CC(C2)CC(c2cc5cccc6cc(C)c7cccc2c7c65)(C4)C3)ccc1O. The van der Waals surface area contributed by atoms with Gasteiger partial charge in [0.15, 0.2) is 0 Å². The lowest BCUT2D eigenvalue weighted by Gasteiger charge is -2.63. The molecule has 35 heavy (non-hydrogen) atoms. The fourth-order valence-electron chi connectivity index (χ4n) is 9.38. The third-order valence-electron chi connectivity index (χ3n) is 10.3. The van der Waals surface area contributed by atoms with E-state index in [0.29, 0.717) is 5.75 Å². The van der Waals surface area contributed by atoms with Crippen LogP contribution in [0.3, 0.4) is 0 Å². The quantitative estimate of drug-likeness (QED) is 0.263. The molecule has 4 aliphatic carbocycles. The molecule has 0 amide bonds. The average molecular weight is 457 g/mol. The third-order valence-corrected chi connectivity index (χ3v) is 10.3. The summed E-state index contributed by atoms with van der Waals surface area (Å²) >= 11 is 0. The Labute approximate surface area is 207 Å². The first-order chi connectivity index (χ1) is 16.9. The molecule has 1 nitrogen and oxygen atoms in total. The van der Waals surface area contributed by atoms with Crippen LogP contribution in [0.2, 0.25) is 0 Å². The van der Waals surface area contributed by atoms with Gasteiger partial charge in [-0.1, -0.05) is 54.6 Å². The molecule has 9 rings (SSSR count). The first-order valence-corrected chi connectivity index (χ1v) is 13.4. The van der Waals surface area contributed by atoms with Crippen molar-refractivity contribution in [3.63, 3.8) is 0 Å². The minimum Gasteiger partial charge on any atom is -0.508 e. The number of benzene rings is 5. The second kappa shape index (κ2) is 6.58. The molecule has 0 aromatic heterocycles. The molecule has 0 saturated heterocycles. The second-order valence-electron chi connectivity index (χ2n) is 12.4. The highest BCUT2D eigenvalue weighted by atomic mass is 16.3. The van der Waals surface area contributed by atoms with Crippen LogP contribution in [0.4, 0.5) is 0 Å². The Morgan fingerprint density at radius 1 is 0.686 bits per heavy atom. The highest BCUT2D eigenvalue weighted by Crippen LogP contribution is 2.67. The van der Waals surface area contributed by atoms with Crippen molar-refractivity contribution < 1.29 is 5.11 Å². The summed E-state index contributed by atoms with van der Waals surface area (Å²) in [5.41, 5.74) is 5.98. The number of aromatic hydroxyl groups is 1. The van der Waals surface area contributed by atoms with Crippen molar-refractivity contribution in [2.45, 2.75) is 63.2 Å². The Morgan fingerprint density at radius 3 is 2.14 bits per heavy atom. The predicted molar refractivity (Wildman–Crippen MR) is 146 cm³/mol. The van der Waals surface area contributed by atoms with Crippen molar-refractivity contribution >= 4 is 32.3 Å². The van der Waals surface area contributed by atoms with E-state index in [1.807, 2.05) is 6.07 Å². The van der Waals surface area contributed by atoms with Crippen LogP contribution in [0.1, 0.15) is 60.8 Å². The van der Waals surface area contributed by atoms with Gasteiger partial charge in [-0.3, -0.25) is 0 Å². The number of rotatable bonds is 2. The van der Waals surface area contributed by atoms with Gasteiger partial charge in [-0.05, 0) is 142 Å². The topological polar surface area (TPSA) is 20.2 Å². The van der Waals surface area contributed by atoms with E-state index in [1.165, 1.54) is 82.0 Å². The lowest BCUT2D eigenvalue weighted by molar-refractivity contribution is -0.0275. The molecule has 4 fully saturated rings. The Bertz CT molecular complexity index is 1640. The zero-order valence-corrected chi connectivity index (χ0v) is 20.7. The van der Waals surface area contributed by atoms with Gasteiger partial charge in [0.1, 0.15) is 5.75 Å². The maximum atomic E-state index is 10.2. The maximum absolute atomic E-state index is 10.2. The van der Waals surface area contributed by atoms with E-state index in [4.69, 9.17) is 0 Å². The lowest BCUT2D eigenvalue weighted by atomic mass is 9.41. The summed E-state index contributed by atoms with van der Waals surface area (Å²) in [6.07, 6.45) is 7.96. The summed E-state index contributed by atoms with van der Waals surface area (Å²) in [6.45, 7) is 4.33. The van der Waals surface area contributed by atoms with Crippen LogP contribution in [0, 0.1) is 25.7 Å². The van der Waals surface area contributed by atoms with Gasteiger partial charge in [0, 0.05) is 0 Å². The van der Waals surface area contributed by atoms with E-state index >= 15 is 0 Å². The first-order valence-electron chi connectivity index (χ1n) is 13.4. The van der Waals surface area contributed by atoms with Crippen molar-refractivity contribution in [1.82, 2.24) is 0 Å². The Balaban J connectivity index is 1.40. The number of hydrogen-bond acceptors (Lipinski definition) is 1. The van der Waals surface area contributed by atoms with Gasteiger partial charge in [-0.2, -0.15) is 0 Å². The molecule has 2 unspecified atom stereocenters. The highest BCUT2D eigenvalue weighted by molar-refractivity contribution is 6.24. The Morgan fingerprint density at radius 2 is 1.37 bits per heavy atom. The van der Waals surface area contributed by atoms with Crippen molar-refractivity contribution in [2.75, 3.05) is 0 Å². The van der Waals surface area contributed by atoms with Crippen LogP contribution < -0.4 is 0 Å². The molecule has 4 saturated carbocycles. The Hall–Kier alpha value is -3.06. The van der Waals surface area contributed by atoms with Gasteiger partial charge in [-0.15, -0.1) is 0 Å². The molecule has 4 bridgehead atoms. The minimum atomic E-state index is 0.244. The predicted octanol–water partition coefficient (Wildman–Crippen LogP) is 8.70. The summed E-state index contributed by atoms with van der Waals surface area (Å²) in [5.74, 6) is 2.04. The van der Waals surface area contributed by atoms with Crippen LogP contribution >= 0.6 is 0 Å². The van der Waals surface area contributed by atoms with Crippen molar-refractivity contribution in [2.24, 2.45) is 11.8 Å². The summed E-state index contributed by atoms with van der Waals surface area (Å²) in [7, 11) is 0. The molecule has 4 aliphatic rings. The van der Waals surface area contributed by atoms with Gasteiger partial charge in [0.05, 0.1) is 0 Å². The van der Waals surface area contributed by atoms with Gasteiger partial charge in [-0.25, -0.2) is 0 Å². The molecule has 0 radical (unpaired) electrons. The van der Waals surface area contributed by atoms with Crippen molar-refractivity contribution in [3.8, 4) is 5.75 Å². The number of phenolic OH excluding ortho intramolecular Hbond substituents is 1. The van der Waals surface area contributed by atoms with Crippen molar-refractivity contribution in [1.29, 1.82) is 0 Å². The normalized spacial score (nSPS) is 29.7. The number of aryl methyl sites for hydroxylation is 2. The molecule has 174 valence electrons. The fourth-order valence-corrected chi connectivity index (χ4v) is 9.38. The van der Waals surface area contributed by atoms with E-state index in [0.717, 1.165) is 17.4 Å². The van der Waals surface area contributed by atoms with Crippen LogP contribution in [0.15, 0.2) is 66.7 Å². The molecular formula is C34H32O. The zero-order chi connectivity index (χ0) is 23.5. The van der Waals surface area contributed by atoms with Crippen LogP contribution in [0.5, 0.6) is 5.75 Å². The molecule has 5 aromatic carbocycles. The number of hydrogen-bond donors (Lipinski definition) is 1. The summed E-state index contributed by atoms with van der Waals surface area (Å²) < 4.78 is 0. The van der Waals surface area contributed by atoms with Gasteiger partial charge in [0.25, 0.3) is 0 Å². The molecule has 1 N–H and O–H groups in total. The fraction of sp³-hybridized carbons (Fsp3) is 0.353. The standard InChI is InChI=1S/C34H32O/c1-20-11-24-5-3-6-25-14-29(28-8-4-7-27(20)32(28)31(24)25)34-17-22-13-23(18-34)16-33(15-22,19-34)26-9-10-30(35)21(2)12-26/h3-12,14,22-23,35H,13,15-19H2,1-2H3. The van der Waals surface area contributed by atoms with E-state index in [9.17, 15) is 5.11 Å². The third kappa shape index (κ3) is 2.59. The molecule has 0 aliphatic heterocycles. The molecule has 1 heteroatoms. The summed E-state index contributed by atoms with van der Waals surface area (Å²) in [5, 5.41) is 18.9. The minimum absolute atomic E-state index is 0.244. The van der Waals surface area contributed by atoms with E-state index in [2.05, 4.69) is 74.5 Å². The zero-order valence-electron chi connectivity index (χ0n) is 20.7. The average Bonchev–Trinajstić information content (AvgIpc) is 2.83. The Kier molecular flexibility index (Phi) is 3.79. The van der Waals surface area contributed by atoms with E-state index < -0.39 is 0 Å². The van der Waals surface area contributed by atoms with Crippen LogP contribution in [-0.2, 0) is 10.8 Å². The molecular weight excluding hydrogens is 424 g/mol. The molecule has 5 aromatic rings. The van der Waals surface area contributed by atoms with Crippen molar-refractivity contribution in [3.05, 3.63) is 89.0 Å². The van der Waals surface area contributed by atoms with Gasteiger partial charge in [0.2, 0.25) is 0 Å². The second-order valence-corrected chi connectivity index (χ2v) is 12.4. The first kappa shape index (κ1) is 20.2. The number of phenols is 1. The maximum Gasteiger partial charge on any atom is 0.118 e. The van der Waals surface area contributed by atoms with E-state index in [1.54, 1.807) is 5.56 Å². The van der Waals surface area contributed by atoms with E-state index in [-0.39, 0.29) is 10.8 Å². The summed E-state index contributed by atoms with van der Waals surface area (Å²) in [6, 6.07) is 25.3. The molecule has 0 heterocycles. The smallest absolute Gasteiger partial charge is 0.118 e. The van der Waals surface area contributed by atoms with Crippen LogP contribution in [-0.4, -0.2) is 5.11 Å². The van der Waals surface area contributed by atoms with Gasteiger partial charge < -0.3 is 5.11 Å². The summed E-state index contributed by atoms with van der Waals surface area (Å²) in [4.78, 5) is 0. The van der Waals surface area contributed by atoms with Gasteiger partial charge >= 0.3 is 0 Å². The lowest BCUT2D eigenvalue weighted by Crippen LogP contribution is -2.56. The van der Waals surface area contributed by atoms with Crippen LogP contribution in [0.25, 0.3) is 32.3 Å². The largest absolute Gasteiger partial charge is 0.508 e. The molecule has 0 spiro atoms.